The van der Waals surface area contributed by atoms with Crippen LogP contribution in [0.3, 0.4) is 0 Å². The summed E-state index contributed by atoms with van der Waals surface area (Å²) < 4.78 is 10.2. The molecule has 5 nitrogen and oxygen atoms in total. The molecule has 1 amide bonds. The van der Waals surface area contributed by atoms with E-state index >= 15 is 0 Å². The first-order valence-electron chi connectivity index (χ1n) is 9.94. The summed E-state index contributed by atoms with van der Waals surface area (Å²) in [7, 11) is 3.01. The SMILES string of the molecule is COC(=O)c1cccc(CN2C(=O)C(C)Sc3ccc(-c4cccc(OC)c4)cc32)c1. The molecule has 1 aliphatic rings. The lowest BCUT2D eigenvalue weighted by atomic mass is 10.0. The van der Waals surface area contributed by atoms with Crippen molar-refractivity contribution in [2.45, 2.75) is 23.6 Å². The topological polar surface area (TPSA) is 55.8 Å². The third-order valence-electron chi connectivity index (χ3n) is 5.26. The van der Waals surface area contributed by atoms with E-state index in [2.05, 4.69) is 12.1 Å². The Kier molecular flexibility index (Phi) is 6.00. The minimum Gasteiger partial charge on any atom is -0.497 e. The summed E-state index contributed by atoms with van der Waals surface area (Å²) in [6, 6.07) is 21.2. The Morgan fingerprint density at radius 3 is 2.55 bits per heavy atom. The van der Waals surface area contributed by atoms with E-state index in [0.29, 0.717) is 12.1 Å². The Hall–Kier alpha value is -3.25. The molecule has 0 fully saturated rings. The van der Waals surface area contributed by atoms with Gasteiger partial charge in [-0.15, -0.1) is 11.8 Å². The zero-order valence-corrected chi connectivity index (χ0v) is 18.4. The van der Waals surface area contributed by atoms with Crippen LogP contribution in [0.15, 0.2) is 71.6 Å². The van der Waals surface area contributed by atoms with E-state index in [1.54, 1.807) is 35.9 Å². The maximum Gasteiger partial charge on any atom is 0.337 e. The number of carbonyl (C=O) groups excluding carboxylic acids is 2. The number of methoxy groups -OCH3 is 2. The van der Waals surface area contributed by atoms with Crippen LogP contribution in [0.25, 0.3) is 11.1 Å². The molecule has 0 aliphatic carbocycles. The van der Waals surface area contributed by atoms with Gasteiger partial charge in [0.2, 0.25) is 5.91 Å². The van der Waals surface area contributed by atoms with E-state index in [9.17, 15) is 9.59 Å². The fraction of sp³-hybridized carbons (Fsp3) is 0.200. The summed E-state index contributed by atoms with van der Waals surface area (Å²) in [5, 5.41) is -0.182. The molecule has 0 aromatic heterocycles. The molecule has 0 bridgehead atoms. The Bertz CT molecular complexity index is 1140. The Morgan fingerprint density at radius 2 is 1.77 bits per heavy atom. The largest absolute Gasteiger partial charge is 0.497 e. The van der Waals surface area contributed by atoms with E-state index in [0.717, 1.165) is 33.0 Å². The summed E-state index contributed by atoms with van der Waals surface area (Å²) in [5.41, 5.74) is 4.24. The van der Waals surface area contributed by atoms with E-state index in [-0.39, 0.29) is 11.2 Å². The van der Waals surface area contributed by atoms with Crippen LogP contribution >= 0.6 is 11.8 Å². The average Bonchev–Trinajstić information content (AvgIpc) is 2.81. The number of hydrogen-bond acceptors (Lipinski definition) is 5. The number of fused-ring (bicyclic) bond motifs is 1. The fourth-order valence-corrected chi connectivity index (χ4v) is 4.69. The molecule has 0 spiro atoms. The highest BCUT2D eigenvalue weighted by atomic mass is 32.2. The molecule has 3 aromatic carbocycles. The Labute approximate surface area is 186 Å². The maximum atomic E-state index is 13.1. The van der Waals surface area contributed by atoms with Crippen LogP contribution in [0.5, 0.6) is 5.75 Å². The quantitative estimate of drug-likeness (QED) is 0.519. The predicted octanol–water partition coefficient (Wildman–Crippen LogP) is 5.18. The third kappa shape index (κ3) is 4.30. The zero-order chi connectivity index (χ0) is 22.0. The Morgan fingerprint density at radius 1 is 1.00 bits per heavy atom. The molecule has 0 N–H and O–H groups in total. The van der Waals surface area contributed by atoms with Crippen molar-refractivity contribution in [3.63, 3.8) is 0 Å². The van der Waals surface area contributed by atoms with Gasteiger partial charge in [-0.1, -0.05) is 30.3 Å². The van der Waals surface area contributed by atoms with Crippen LogP contribution in [0.1, 0.15) is 22.8 Å². The van der Waals surface area contributed by atoms with Gasteiger partial charge in [0.1, 0.15) is 5.75 Å². The van der Waals surface area contributed by atoms with Gasteiger partial charge in [-0.25, -0.2) is 4.79 Å². The predicted molar refractivity (Wildman–Crippen MR) is 123 cm³/mol. The number of rotatable bonds is 5. The van der Waals surface area contributed by atoms with Gasteiger partial charge in [-0.05, 0) is 60.0 Å². The first-order chi connectivity index (χ1) is 15.0. The van der Waals surface area contributed by atoms with Crippen molar-refractivity contribution < 1.29 is 19.1 Å². The average molecular weight is 434 g/mol. The van der Waals surface area contributed by atoms with Crippen molar-refractivity contribution in [1.82, 2.24) is 0 Å². The number of amides is 1. The highest BCUT2D eigenvalue weighted by Crippen LogP contribution is 2.42. The molecule has 3 aromatic rings. The highest BCUT2D eigenvalue weighted by molar-refractivity contribution is 8.01. The molecule has 31 heavy (non-hydrogen) atoms. The number of esters is 1. The first-order valence-corrected chi connectivity index (χ1v) is 10.8. The first kappa shape index (κ1) is 21.0. The van der Waals surface area contributed by atoms with Crippen molar-refractivity contribution in [1.29, 1.82) is 0 Å². The van der Waals surface area contributed by atoms with Gasteiger partial charge in [-0.2, -0.15) is 0 Å². The molecular formula is C25H23NO4S. The normalized spacial score (nSPS) is 15.4. The second-order valence-electron chi connectivity index (χ2n) is 7.29. The molecule has 158 valence electrons. The van der Waals surface area contributed by atoms with Gasteiger partial charge in [0.25, 0.3) is 0 Å². The van der Waals surface area contributed by atoms with Crippen molar-refractivity contribution in [2.75, 3.05) is 19.1 Å². The van der Waals surface area contributed by atoms with Crippen molar-refractivity contribution in [2.24, 2.45) is 0 Å². The fourth-order valence-electron chi connectivity index (χ4n) is 3.65. The second kappa shape index (κ2) is 8.86. The van der Waals surface area contributed by atoms with Crippen molar-refractivity contribution >= 4 is 29.3 Å². The zero-order valence-electron chi connectivity index (χ0n) is 17.6. The molecular weight excluding hydrogens is 410 g/mol. The number of hydrogen-bond donors (Lipinski definition) is 0. The van der Waals surface area contributed by atoms with Gasteiger partial charge >= 0.3 is 5.97 Å². The minimum absolute atomic E-state index is 0.0452. The lowest BCUT2D eigenvalue weighted by Crippen LogP contribution is -2.39. The monoisotopic (exact) mass is 433 g/mol. The number of nitrogens with zero attached hydrogens (tertiary/aromatic N) is 1. The molecule has 0 radical (unpaired) electrons. The molecule has 1 heterocycles. The van der Waals surface area contributed by atoms with E-state index in [4.69, 9.17) is 9.47 Å². The standard InChI is InChI=1S/C25H23NO4S/c1-16-24(27)26(15-17-6-4-8-20(12-17)25(28)30-3)22-14-19(10-11-23(22)31-16)18-7-5-9-21(13-18)29-2/h4-14,16H,15H2,1-3H3. The summed E-state index contributed by atoms with van der Waals surface area (Å²) in [6.07, 6.45) is 0. The molecule has 1 aliphatic heterocycles. The van der Waals surface area contributed by atoms with Gasteiger partial charge < -0.3 is 14.4 Å². The van der Waals surface area contributed by atoms with Gasteiger partial charge in [-0.3, -0.25) is 4.79 Å². The number of ether oxygens (including phenoxy) is 2. The van der Waals surface area contributed by atoms with E-state index in [1.165, 1.54) is 7.11 Å². The third-order valence-corrected chi connectivity index (χ3v) is 6.41. The van der Waals surface area contributed by atoms with E-state index < -0.39 is 5.97 Å². The van der Waals surface area contributed by atoms with Crippen molar-refractivity contribution in [3.8, 4) is 16.9 Å². The van der Waals surface area contributed by atoms with Crippen LogP contribution in [0.2, 0.25) is 0 Å². The molecule has 1 atom stereocenters. The van der Waals surface area contributed by atoms with Gasteiger partial charge in [0.15, 0.2) is 0 Å². The summed E-state index contributed by atoms with van der Waals surface area (Å²) in [6.45, 7) is 2.30. The molecule has 6 heteroatoms. The summed E-state index contributed by atoms with van der Waals surface area (Å²) >= 11 is 1.57. The molecule has 1 unspecified atom stereocenters. The lowest BCUT2D eigenvalue weighted by molar-refractivity contribution is -0.118. The Balaban J connectivity index is 1.72. The maximum absolute atomic E-state index is 13.1. The lowest BCUT2D eigenvalue weighted by Gasteiger charge is -2.33. The smallest absolute Gasteiger partial charge is 0.337 e. The van der Waals surface area contributed by atoms with Gasteiger partial charge in [0.05, 0.1) is 37.3 Å². The summed E-state index contributed by atoms with van der Waals surface area (Å²) in [4.78, 5) is 27.9. The minimum atomic E-state index is -0.392. The second-order valence-corrected chi connectivity index (χ2v) is 8.67. The number of thioether (sulfide) groups is 1. The van der Waals surface area contributed by atoms with Crippen LogP contribution < -0.4 is 9.64 Å². The van der Waals surface area contributed by atoms with Crippen LogP contribution in [0, 0.1) is 0 Å². The van der Waals surface area contributed by atoms with Crippen LogP contribution in [-0.4, -0.2) is 31.3 Å². The van der Waals surface area contributed by atoms with Crippen LogP contribution in [0.4, 0.5) is 5.69 Å². The highest BCUT2D eigenvalue weighted by Gasteiger charge is 2.31. The molecule has 0 saturated carbocycles. The number of benzene rings is 3. The molecule has 0 saturated heterocycles. The van der Waals surface area contributed by atoms with Crippen molar-refractivity contribution in [3.05, 3.63) is 77.9 Å². The van der Waals surface area contributed by atoms with Gasteiger partial charge in [0, 0.05) is 4.90 Å². The number of anilines is 1. The summed E-state index contributed by atoms with van der Waals surface area (Å²) in [5.74, 6) is 0.436. The number of carbonyl (C=O) groups is 2. The molecule has 4 rings (SSSR count). The van der Waals surface area contributed by atoms with E-state index in [1.807, 2.05) is 49.4 Å². The van der Waals surface area contributed by atoms with Crippen LogP contribution in [-0.2, 0) is 16.1 Å².